The van der Waals surface area contributed by atoms with Crippen molar-refractivity contribution >= 4 is 27.5 Å². The van der Waals surface area contributed by atoms with Crippen molar-refractivity contribution < 1.29 is 50.3 Å². The maximum absolute atomic E-state index is 14.2. The van der Waals surface area contributed by atoms with Gasteiger partial charge in [0.05, 0.1) is 36.8 Å². The SMILES string of the molecule is Cc1noc(C)c1S(=O)(=O)N(C)C[C@@H]1OCCCC[C@@H](C)Oc2ccc(NC(=O)CCC(F)(F)F)cc2C(=O)N([C@@H](C)CO)C[C@@H]1C. The zero-order valence-electron chi connectivity index (χ0n) is 27.6. The number of hydrogen-bond donors (Lipinski definition) is 2. The molecule has 0 aliphatic carbocycles. The zero-order valence-corrected chi connectivity index (χ0v) is 28.4. The number of rotatable bonds is 9. The number of carbonyl (C=O) groups is 2. The molecule has 0 saturated carbocycles. The number of aromatic nitrogens is 1. The van der Waals surface area contributed by atoms with Gasteiger partial charge < -0.3 is 29.3 Å². The second-order valence-corrected chi connectivity index (χ2v) is 14.1. The summed E-state index contributed by atoms with van der Waals surface area (Å²) in [5.74, 6) is -1.48. The summed E-state index contributed by atoms with van der Waals surface area (Å²) in [5.41, 5.74) is 0.387. The van der Waals surface area contributed by atoms with Crippen molar-refractivity contribution in [1.82, 2.24) is 14.4 Å². The van der Waals surface area contributed by atoms with E-state index < -0.39 is 65.5 Å². The van der Waals surface area contributed by atoms with E-state index in [1.807, 2.05) is 13.8 Å². The fraction of sp³-hybridized carbons (Fsp3) is 0.645. The van der Waals surface area contributed by atoms with E-state index in [2.05, 4.69) is 10.5 Å². The fourth-order valence-electron chi connectivity index (χ4n) is 5.29. The Morgan fingerprint density at radius 1 is 1.23 bits per heavy atom. The predicted octanol–water partition coefficient (Wildman–Crippen LogP) is 4.69. The number of hydrogen-bond acceptors (Lipinski definition) is 9. The number of benzene rings is 1. The largest absolute Gasteiger partial charge is 0.490 e. The van der Waals surface area contributed by atoms with Crippen LogP contribution in [-0.4, -0.2) is 97.5 Å². The Bertz CT molecular complexity index is 1460. The van der Waals surface area contributed by atoms with E-state index in [4.69, 9.17) is 14.0 Å². The highest BCUT2D eigenvalue weighted by molar-refractivity contribution is 7.89. The summed E-state index contributed by atoms with van der Waals surface area (Å²) in [5, 5.41) is 16.3. The molecule has 3 rings (SSSR count). The van der Waals surface area contributed by atoms with Gasteiger partial charge in [0.15, 0.2) is 5.76 Å². The normalized spacial score (nSPS) is 21.1. The van der Waals surface area contributed by atoms with Crippen molar-refractivity contribution in [2.24, 2.45) is 5.92 Å². The molecule has 0 unspecified atom stereocenters. The molecular weight excluding hydrogens is 645 g/mol. The standard InChI is InChI=1S/C31H45F3N4O8S/c1-19-16-38(20(2)18-39)30(41)25-15-24(35-28(40)12-13-31(32,33)34)10-11-26(25)45-21(3)9-7-8-14-44-27(19)17-37(6)47(42,43)29-22(4)36-46-23(29)5/h10-11,15,19-21,27,39H,7-9,12-14,16-18H2,1-6H3,(H,35,40)/t19-,20-,21+,27-/m0/s1. The fourth-order valence-corrected chi connectivity index (χ4v) is 6.76. The molecule has 16 heteroatoms. The average molecular weight is 691 g/mol. The van der Waals surface area contributed by atoms with Crippen LogP contribution in [0.15, 0.2) is 27.6 Å². The molecule has 2 amide bonds. The summed E-state index contributed by atoms with van der Waals surface area (Å²) in [4.78, 5) is 27.8. The molecule has 0 bridgehead atoms. The third kappa shape index (κ3) is 10.4. The summed E-state index contributed by atoms with van der Waals surface area (Å²) in [6.07, 6.45) is -5.60. The highest BCUT2D eigenvalue weighted by Crippen LogP contribution is 2.30. The Balaban J connectivity index is 1.95. The number of sulfonamides is 1. The molecule has 47 heavy (non-hydrogen) atoms. The summed E-state index contributed by atoms with van der Waals surface area (Å²) >= 11 is 0. The minimum absolute atomic E-state index is 0.0221. The first-order valence-corrected chi connectivity index (χ1v) is 17.0. The van der Waals surface area contributed by atoms with E-state index in [-0.39, 0.29) is 52.5 Å². The minimum Gasteiger partial charge on any atom is -0.490 e. The molecule has 1 aliphatic rings. The van der Waals surface area contributed by atoms with Gasteiger partial charge in [-0.15, -0.1) is 0 Å². The first kappa shape index (κ1) is 38.2. The van der Waals surface area contributed by atoms with Crippen LogP contribution in [-0.2, 0) is 19.6 Å². The Labute approximate surface area is 273 Å². The smallest absolute Gasteiger partial charge is 0.389 e. The number of aliphatic hydroxyl groups excluding tert-OH is 1. The van der Waals surface area contributed by atoms with Gasteiger partial charge in [0.2, 0.25) is 15.9 Å². The van der Waals surface area contributed by atoms with Gasteiger partial charge in [0.25, 0.3) is 5.91 Å². The number of halogens is 3. The van der Waals surface area contributed by atoms with Crippen LogP contribution in [0.25, 0.3) is 0 Å². The lowest BCUT2D eigenvalue weighted by molar-refractivity contribution is -0.142. The van der Waals surface area contributed by atoms with E-state index >= 15 is 0 Å². The zero-order chi connectivity index (χ0) is 35.1. The number of nitrogens with one attached hydrogen (secondary N) is 1. The summed E-state index contributed by atoms with van der Waals surface area (Å²) < 4.78 is 83.6. The number of nitrogens with zero attached hydrogens (tertiary/aromatic N) is 3. The van der Waals surface area contributed by atoms with Gasteiger partial charge >= 0.3 is 6.18 Å². The monoisotopic (exact) mass is 690 g/mol. The van der Waals surface area contributed by atoms with Crippen molar-refractivity contribution in [1.29, 1.82) is 0 Å². The number of alkyl halides is 3. The molecule has 0 radical (unpaired) electrons. The second kappa shape index (κ2) is 16.3. The number of likely N-dealkylation sites (N-methyl/N-ethyl adjacent to an activating group) is 1. The molecule has 0 saturated heterocycles. The highest BCUT2D eigenvalue weighted by Gasteiger charge is 2.34. The molecule has 2 N–H and O–H groups in total. The molecule has 4 atom stereocenters. The van der Waals surface area contributed by atoms with Crippen LogP contribution in [0.5, 0.6) is 5.75 Å². The lowest BCUT2D eigenvalue weighted by Gasteiger charge is -2.35. The predicted molar refractivity (Wildman–Crippen MR) is 167 cm³/mol. The Hall–Kier alpha value is -3.21. The molecule has 2 aromatic rings. The van der Waals surface area contributed by atoms with Crippen molar-refractivity contribution in [2.75, 3.05) is 38.7 Å². The highest BCUT2D eigenvalue weighted by atomic mass is 32.2. The number of anilines is 1. The third-order valence-corrected chi connectivity index (χ3v) is 10.1. The first-order chi connectivity index (χ1) is 21.9. The molecule has 0 spiro atoms. The van der Waals surface area contributed by atoms with E-state index in [1.54, 1.807) is 13.8 Å². The van der Waals surface area contributed by atoms with E-state index in [0.29, 0.717) is 25.9 Å². The van der Waals surface area contributed by atoms with E-state index in [0.717, 1.165) is 0 Å². The van der Waals surface area contributed by atoms with Crippen LogP contribution in [0.1, 0.15) is 74.7 Å². The van der Waals surface area contributed by atoms with Crippen molar-refractivity contribution in [3.63, 3.8) is 0 Å². The molecular formula is C31H45F3N4O8S. The molecule has 0 fully saturated rings. The number of fused-ring (bicyclic) bond motifs is 1. The Morgan fingerprint density at radius 3 is 2.55 bits per heavy atom. The molecule has 1 aromatic carbocycles. The summed E-state index contributed by atoms with van der Waals surface area (Å²) in [7, 11) is -2.57. The van der Waals surface area contributed by atoms with Crippen molar-refractivity contribution in [3.05, 3.63) is 35.2 Å². The van der Waals surface area contributed by atoms with Gasteiger partial charge in [0.1, 0.15) is 16.3 Å². The van der Waals surface area contributed by atoms with Gasteiger partial charge in [-0.05, 0) is 65.2 Å². The van der Waals surface area contributed by atoms with Gasteiger partial charge in [-0.1, -0.05) is 12.1 Å². The molecule has 1 aliphatic heterocycles. The van der Waals surface area contributed by atoms with Gasteiger partial charge in [-0.3, -0.25) is 9.59 Å². The second-order valence-electron chi connectivity index (χ2n) is 12.1. The van der Waals surface area contributed by atoms with Crippen LogP contribution in [0.3, 0.4) is 0 Å². The lowest BCUT2D eigenvalue weighted by atomic mass is 10.0. The van der Waals surface area contributed by atoms with Crippen LogP contribution in [0, 0.1) is 19.8 Å². The summed E-state index contributed by atoms with van der Waals surface area (Å²) in [6, 6.07) is 3.59. The van der Waals surface area contributed by atoms with Crippen LogP contribution < -0.4 is 10.1 Å². The van der Waals surface area contributed by atoms with Crippen molar-refractivity contribution in [3.8, 4) is 5.75 Å². The van der Waals surface area contributed by atoms with Crippen LogP contribution in [0.2, 0.25) is 0 Å². The maximum atomic E-state index is 14.2. The first-order valence-electron chi connectivity index (χ1n) is 15.5. The number of ether oxygens (including phenoxy) is 2. The number of carbonyl (C=O) groups excluding carboxylic acids is 2. The van der Waals surface area contributed by atoms with Crippen molar-refractivity contribution in [2.45, 2.75) is 96.0 Å². The topological polar surface area (TPSA) is 152 Å². The molecule has 12 nitrogen and oxygen atoms in total. The number of aliphatic hydroxyl groups is 1. The lowest BCUT2D eigenvalue weighted by Crippen LogP contribution is -2.48. The molecule has 1 aromatic heterocycles. The quantitative estimate of drug-likeness (QED) is 0.382. The maximum Gasteiger partial charge on any atom is 0.389 e. The minimum atomic E-state index is -4.50. The van der Waals surface area contributed by atoms with Crippen LogP contribution >= 0.6 is 0 Å². The Kier molecular flexibility index (Phi) is 13.2. The van der Waals surface area contributed by atoms with Gasteiger partial charge in [-0.2, -0.15) is 17.5 Å². The van der Waals surface area contributed by atoms with Gasteiger partial charge in [0, 0.05) is 44.8 Å². The average Bonchev–Trinajstić information content (AvgIpc) is 3.35. The number of amides is 2. The third-order valence-electron chi connectivity index (χ3n) is 8.04. The number of aryl methyl sites for hydroxylation is 2. The summed E-state index contributed by atoms with van der Waals surface area (Å²) in [6.45, 7) is 8.28. The molecule has 2 heterocycles. The van der Waals surface area contributed by atoms with E-state index in [9.17, 15) is 36.3 Å². The van der Waals surface area contributed by atoms with Crippen LogP contribution in [0.4, 0.5) is 18.9 Å². The van der Waals surface area contributed by atoms with E-state index in [1.165, 1.54) is 41.4 Å². The van der Waals surface area contributed by atoms with Gasteiger partial charge in [-0.25, -0.2) is 8.42 Å². The Morgan fingerprint density at radius 2 is 1.94 bits per heavy atom. The molecule has 264 valence electrons.